The smallest absolute Gasteiger partial charge is 0.260 e. The summed E-state index contributed by atoms with van der Waals surface area (Å²) in [5.74, 6) is 0.821. The topological polar surface area (TPSA) is 58.6 Å². The highest BCUT2D eigenvalue weighted by molar-refractivity contribution is 5.80. The minimum Gasteiger partial charge on any atom is -0.481 e. The van der Waals surface area contributed by atoms with Crippen molar-refractivity contribution in [3.05, 3.63) is 29.8 Å². The number of nitrogens with zero attached hydrogens (tertiary/aromatic N) is 1. The highest BCUT2D eigenvalue weighted by atomic mass is 16.5. The third kappa shape index (κ3) is 5.87. The van der Waals surface area contributed by atoms with Crippen LogP contribution in [0.25, 0.3) is 0 Å². The fraction of sp³-hybridized carbons (Fsp3) is 0.579. The van der Waals surface area contributed by atoms with Crippen LogP contribution in [0.4, 0.5) is 0 Å². The van der Waals surface area contributed by atoms with Crippen molar-refractivity contribution in [2.24, 2.45) is 0 Å². The van der Waals surface area contributed by atoms with Gasteiger partial charge in [0, 0.05) is 26.1 Å². The largest absolute Gasteiger partial charge is 0.481 e. The highest BCUT2D eigenvalue weighted by Gasteiger charge is 2.17. The molecule has 1 atom stereocenters. The number of hydrogen-bond donors (Lipinski definition) is 1. The molecule has 1 heterocycles. The molecule has 24 heavy (non-hydrogen) atoms. The zero-order valence-electron chi connectivity index (χ0n) is 14.7. The number of aryl methyl sites for hydroxylation is 1. The van der Waals surface area contributed by atoms with Gasteiger partial charge in [0.25, 0.3) is 5.91 Å². The second-order valence-electron chi connectivity index (χ2n) is 6.41. The van der Waals surface area contributed by atoms with Crippen LogP contribution in [0.5, 0.6) is 5.75 Å². The van der Waals surface area contributed by atoms with Crippen LogP contribution < -0.4 is 10.1 Å². The van der Waals surface area contributed by atoms with Gasteiger partial charge in [0.1, 0.15) is 5.75 Å². The SMILES string of the molecule is Cc1cccc(OC(C)C(=O)NCCCN2CCCCCC2=O)c1. The van der Waals surface area contributed by atoms with Crippen molar-refractivity contribution in [1.82, 2.24) is 10.2 Å². The van der Waals surface area contributed by atoms with Crippen LogP contribution in [0.15, 0.2) is 24.3 Å². The van der Waals surface area contributed by atoms with Gasteiger partial charge in [-0.2, -0.15) is 0 Å². The molecule has 5 heteroatoms. The molecule has 0 spiro atoms. The third-order valence-electron chi connectivity index (χ3n) is 4.25. The summed E-state index contributed by atoms with van der Waals surface area (Å²) in [6.45, 7) is 5.85. The minimum atomic E-state index is -0.536. The van der Waals surface area contributed by atoms with Crippen molar-refractivity contribution in [3.63, 3.8) is 0 Å². The molecule has 2 amide bonds. The van der Waals surface area contributed by atoms with Gasteiger partial charge in [-0.3, -0.25) is 9.59 Å². The molecule has 0 aromatic heterocycles. The van der Waals surface area contributed by atoms with Gasteiger partial charge in [0.15, 0.2) is 6.10 Å². The van der Waals surface area contributed by atoms with Crippen LogP contribution in [0, 0.1) is 6.92 Å². The molecule has 1 aliphatic heterocycles. The van der Waals surface area contributed by atoms with Gasteiger partial charge in [0.05, 0.1) is 0 Å². The maximum Gasteiger partial charge on any atom is 0.260 e. The molecule has 0 saturated carbocycles. The molecule has 1 aromatic rings. The molecule has 1 fully saturated rings. The van der Waals surface area contributed by atoms with Crippen molar-refractivity contribution < 1.29 is 14.3 Å². The zero-order chi connectivity index (χ0) is 17.4. The average Bonchev–Trinajstić information content (AvgIpc) is 2.76. The molecule has 1 N–H and O–H groups in total. The van der Waals surface area contributed by atoms with Gasteiger partial charge in [-0.1, -0.05) is 18.6 Å². The molecule has 1 unspecified atom stereocenters. The van der Waals surface area contributed by atoms with E-state index in [1.165, 1.54) is 0 Å². The van der Waals surface area contributed by atoms with E-state index in [0.717, 1.165) is 37.8 Å². The summed E-state index contributed by atoms with van der Waals surface area (Å²) >= 11 is 0. The molecule has 132 valence electrons. The van der Waals surface area contributed by atoms with Crippen molar-refractivity contribution in [2.45, 2.75) is 52.1 Å². The number of carbonyl (C=O) groups is 2. The predicted molar refractivity (Wildman–Crippen MR) is 93.9 cm³/mol. The van der Waals surface area contributed by atoms with Crippen LogP contribution >= 0.6 is 0 Å². The lowest BCUT2D eigenvalue weighted by atomic mass is 10.2. The number of hydrogen-bond acceptors (Lipinski definition) is 3. The number of nitrogens with one attached hydrogen (secondary N) is 1. The van der Waals surface area contributed by atoms with Gasteiger partial charge in [-0.25, -0.2) is 0 Å². The monoisotopic (exact) mass is 332 g/mol. The van der Waals surface area contributed by atoms with Gasteiger partial charge in [0.2, 0.25) is 5.91 Å². The standard InChI is InChI=1S/C19H28N2O3/c1-15-8-6-9-17(14-15)24-16(2)19(23)20-11-7-13-21-12-5-3-4-10-18(21)22/h6,8-9,14,16H,3-5,7,10-13H2,1-2H3,(H,20,23). The van der Waals surface area contributed by atoms with Gasteiger partial charge in [-0.15, -0.1) is 0 Å². The average molecular weight is 332 g/mol. The molecular weight excluding hydrogens is 304 g/mol. The van der Waals surface area contributed by atoms with Gasteiger partial charge >= 0.3 is 0 Å². The quantitative estimate of drug-likeness (QED) is 0.781. The van der Waals surface area contributed by atoms with Crippen molar-refractivity contribution in [1.29, 1.82) is 0 Å². The summed E-state index contributed by atoms with van der Waals surface area (Å²) in [6.07, 6.45) is 4.11. The summed E-state index contributed by atoms with van der Waals surface area (Å²) in [6, 6.07) is 7.66. The normalized spacial score (nSPS) is 16.4. The molecule has 0 aliphatic carbocycles. The fourth-order valence-electron chi connectivity index (χ4n) is 2.85. The Morgan fingerprint density at radius 3 is 2.96 bits per heavy atom. The molecule has 1 aromatic carbocycles. The lowest BCUT2D eigenvalue weighted by Crippen LogP contribution is -2.38. The summed E-state index contributed by atoms with van der Waals surface area (Å²) in [5.41, 5.74) is 1.10. The predicted octanol–water partition coefficient (Wildman–Crippen LogP) is 2.67. The molecule has 0 radical (unpaired) electrons. The van der Waals surface area contributed by atoms with Crippen molar-refractivity contribution >= 4 is 11.8 Å². The summed E-state index contributed by atoms with van der Waals surface area (Å²) in [4.78, 5) is 25.9. The summed E-state index contributed by atoms with van der Waals surface area (Å²) in [5, 5.41) is 2.89. The van der Waals surface area contributed by atoms with Crippen molar-refractivity contribution in [3.8, 4) is 5.75 Å². The van der Waals surface area contributed by atoms with Crippen LogP contribution in [0.3, 0.4) is 0 Å². The summed E-state index contributed by atoms with van der Waals surface area (Å²) < 4.78 is 5.66. The Bertz CT molecular complexity index is 559. The first-order chi connectivity index (χ1) is 11.6. The van der Waals surface area contributed by atoms with E-state index in [-0.39, 0.29) is 11.8 Å². The van der Waals surface area contributed by atoms with Crippen LogP contribution in [-0.2, 0) is 9.59 Å². The second-order valence-corrected chi connectivity index (χ2v) is 6.41. The lowest BCUT2D eigenvalue weighted by molar-refractivity contribution is -0.130. The van der Waals surface area contributed by atoms with E-state index in [1.807, 2.05) is 36.1 Å². The Morgan fingerprint density at radius 1 is 1.33 bits per heavy atom. The van der Waals surface area contributed by atoms with E-state index in [1.54, 1.807) is 6.92 Å². The molecule has 2 rings (SSSR count). The highest BCUT2D eigenvalue weighted by Crippen LogP contribution is 2.14. The number of ether oxygens (including phenoxy) is 1. The Kier molecular flexibility index (Phi) is 7.09. The van der Waals surface area contributed by atoms with Crippen molar-refractivity contribution in [2.75, 3.05) is 19.6 Å². The lowest BCUT2D eigenvalue weighted by Gasteiger charge is -2.21. The Morgan fingerprint density at radius 2 is 2.17 bits per heavy atom. The Hall–Kier alpha value is -2.04. The van der Waals surface area contributed by atoms with Crippen LogP contribution in [0.2, 0.25) is 0 Å². The third-order valence-corrected chi connectivity index (χ3v) is 4.25. The Labute approximate surface area is 144 Å². The zero-order valence-corrected chi connectivity index (χ0v) is 14.7. The maximum absolute atomic E-state index is 12.1. The first kappa shape index (κ1) is 18.3. The molecule has 1 aliphatic rings. The summed E-state index contributed by atoms with van der Waals surface area (Å²) in [7, 11) is 0. The van der Waals surface area contributed by atoms with Gasteiger partial charge in [-0.05, 0) is 50.8 Å². The molecule has 5 nitrogen and oxygen atoms in total. The van der Waals surface area contributed by atoms with E-state index < -0.39 is 6.10 Å². The fourth-order valence-corrected chi connectivity index (χ4v) is 2.85. The maximum atomic E-state index is 12.1. The van der Waals surface area contributed by atoms with E-state index >= 15 is 0 Å². The molecule has 1 saturated heterocycles. The number of carbonyl (C=O) groups excluding carboxylic acids is 2. The van der Waals surface area contributed by atoms with Crippen LogP contribution in [-0.4, -0.2) is 42.5 Å². The number of rotatable bonds is 7. The van der Waals surface area contributed by atoms with E-state index in [9.17, 15) is 9.59 Å². The van der Waals surface area contributed by atoms with Gasteiger partial charge < -0.3 is 15.0 Å². The molecular formula is C19H28N2O3. The van der Waals surface area contributed by atoms with Crippen LogP contribution in [0.1, 0.15) is 44.6 Å². The molecule has 0 bridgehead atoms. The van der Waals surface area contributed by atoms with E-state index in [2.05, 4.69) is 5.32 Å². The van der Waals surface area contributed by atoms with E-state index in [0.29, 0.717) is 25.3 Å². The Balaban J connectivity index is 1.67. The first-order valence-corrected chi connectivity index (χ1v) is 8.85. The number of likely N-dealkylation sites (tertiary alicyclic amines) is 1. The minimum absolute atomic E-state index is 0.126. The number of benzene rings is 1. The second kappa shape index (κ2) is 9.30. The number of amides is 2. The van der Waals surface area contributed by atoms with E-state index in [4.69, 9.17) is 4.74 Å². The first-order valence-electron chi connectivity index (χ1n) is 8.85.